The number of anilines is 2. The predicted molar refractivity (Wildman–Crippen MR) is 167 cm³/mol. The molecule has 0 saturated carbocycles. The maximum absolute atomic E-state index is 7.01. The van der Waals surface area contributed by atoms with Crippen LogP contribution in [-0.4, -0.2) is 34.9 Å². The Bertz CT molecular complexity index is 1500. The van der Waals surface area contributed by atoms with Crippen LogP contribution in [0.2, 0.25) is 5.02 Å². The molecule has 6 rings (SSSR count). The van der Waals surface area contributed by atoms with E-state index >= 15 is 0 Å². The molecule has 6 nitrogen and oxygen atoms in total. The first-order chi connectivity index (χ1) is 19.4. The number of ether oxygens (including phenoxy) is 1. The van der Waals surface area contributed by atoms with Crippen LogP contribution in [0.1, 0.15) is 43.7 Å². The summed E-state index contributed by atoms with van der Waals surface area (Å²) in [6, 6.07) is 24.3. The average molecular weight is 572 g/mol. The Kier molecular flexibility index (Phi) is 7.43. The lowest BCUT2D eigenvalue weighted by Gasteiger charge is -2.37. The van der Waals surface area contributed by atoms with Gasteiger partial charge in [0.2, 0.25) is 0 Å². The fourth-order valence-electron chi connectivity index (χ4n) is 6.33. The van der Waals surface area contributed by atoms with Crippen LogP contribution in [0, 0.1) is 11.8 Å². The van der Waals surface area contributed by atoms with E-state index in [4.69, 9.17) is 33.5 Å². The highest BCUT2D eigenvalue weighted by Crippen LogP contribution is 2.44. The molecule has 2 aromatic carbocycles. The zero-order chi connectivity index (χ0) is 27.8. The van der Waals surface area contributed by atoms with E-state index in [9.17, 15) is 0 Å². The van der Waals surface area contributed by atoms with Gasteiger partial charge in [-0.1, -0.05) is 37.6 Å². The molecule has 40 heavy (non-hydrogen) atoms. The van der Waals surface area contributed by atoms with E-state index in [2.05, 4.69) is 76.1 Å². The fourth-order valence-corrected chi connectivity index (χ4v) is 6.97. The number of pyridine rings is 1. The molecule has 0 bridgehead atoms. The van der Waals surface area contributed by atoms with E-state index in [-0.39, 0.29) is 12.1 Å². The van der Waals surface area contributed by atoms with Crippen LogP contribution < -0.4 is 19.9 Å². The minimum absolute atomic E-state index is 0.157. The molecule has 4 heterocycles. The highest BCUT2D eigenvalue weighted by molar-refractivity contribution is 7.80. The van der Waals surface area contributed by atoms with Crippen LogP contribution >= 0.6 is 23.8 Å². The average Bonchev–Trinajstić information content (AvgIpc) is 3.57. The quantitative estimate of drug-likeness (QED) is 0.247. The van der Waals surface area contributed by atoms with E-state index in [1.54, 1.807) is 7.11 Å². The number of aromatic nitrogens is 2. The second-order valence-corrected chi connectivity index (χ2v) is 11.8. The van der Waals surface area contributed by atoms with Gasteiger partial charge in [0.05, 0.1) is 29.6 Å². The van der Waals surface area contributed by atoms with Crippen molar-refractivity contribution in [1.29, 1.82) is 0 Å². The van der Waals surface area contributed by atoms with Crippen LogP contribution in [0.3, 0.4) is 0 Å². The van der Waals surface area contributed by atoms with E-state index in [0.29, 0.717) is 16.9 Å². The molecule has 2 aliphatic heterocycles. The number of rotatable bonds is 6. The van der Waals surface area contributed by atoms with Crippen molar-refractivity contribution in [3.63, 3.8) is 0 Å². The van der Waals surface area contributed by atoms with E-state index in [0.717, 1.165) is 52.3 Å². The number of halogens is 1. The Balaban J connectivity index is 1.43. The maximum atomic E-state index is 7.01. The Hall–Kier alpha value is -3.55. The van der Waals surface area contributed by atoms with Crippen LogP contribution in [0.5, 0.6) is 5.75 Å². The van der Waals surface area contributed by atoms with Gasteiger partial charge in [0, 0.05) is 48.6 Å². The number of nitrogens with one attached hydrogen (secondary N) is 1. The number of nitrogens with zero attached hydrogens (tertiary/aromatic N) is 4. The zero-order valence-electron chi connectivity index (χ0n) is 23.0. The SMILES string of the molecule is COc1cccc(-n2cccc2[C@H]2[C@@H](c3ccccn3)NC(=S)N2c2ccc(N3C[C@H](C)C[C@H](C)C3)c(Cl)c2)c1. The van der Waals surface area contributed by atoms with Gasteiger partial charge in [-0.05, 0) is 85.1 Å². The van der Waals surface area contributed by atoms with Crippen molar-refractivity contribution in [3.8, 4) is 11.4 Å². The van der Waals surface area contributed by atoms with E-state index < -0.39 is 0 Å². The van der Waals surface area contributed by atoms with Gasteiger partial charge in [-0.25, -0.2) is 0 Å². The van der Waals surface area contributed by atoms with Crippen LogP contribution in [0.15, 0.2) is 85.2 Å². The minimum atomic E-state index is -0.166. The van der Waals surface area contributed by atoms with E-state index in [1.807, 2.05) is 42.6 Å². The summed E-state index contributed by atoms with van der Waals surface area (Å²) < 4.78 is 7.71. The standard InChI is InChI=1S/C32H34ClN5OS/c1-21-16-22(2)20-36(19-21)28-13-12-24(18-26(28)33)38-31(30(35-32(38)40)27-10-4-5-14-34-27)29-11-7-15-37(29)23-8-6-9-25(17-23)39-3/h4-15,17-18,21-22,30-31H,16,19-20H2,1-3H3,(H,35,40)/t21-,22+,30-,31+/m1/s1. The zero-order valence-corrected chi connectivity index (χ0v) is 24.6. The predicted octanol–water partition coefficient (Wildman–Crippen LogP) is 7.19. The monoisotopic (exact) mass is 571 g/mol. The molecule has 0 amide bonds. The molecule has 2 saturated heterocycles. The first-order valence-corrected chi connectivity index (χ1v) is 14.6. The second-order valence-electron chi connectivity index (χ2n) is 11.0. The highest BCUT2D eigenvalue weighted by atomic mass is 35.5. The Morgan fingerprint density at radius 1 is 0.950 bits per heavy atom. The number of benzene rings is 2. The third kappa shape index (κ3) is 5.04. The molecule has 1 N–H and O–H groups in total. The first-order valence-electron chi connectivity index (χ1n) is 13.8. The van der Waals surface area contributed by atoms with Crippen molar-refractivity contribution in [3.05, 3.63) is 102 Å². The van der Waals surface area contributed by atoms with Gasteiger partial charge in [-0.15, -0.1) is 0 Å². The minimum Gasteiger partial charge on any atom is -0.497 e. The van der Waals surface area contributed by atoms with Gasteiger partial charge in [0.15, 0.2) is 5.11 Å². The summed E-state index contributed by atoms with van der Waals surface area (Å²) in [6.07, 6.45) is 5.16. The van der Waals surface area contributed by atoms with Crippen molar-refractivity contribution in [2.45, 2.75) is 32.4 Å². The van der Waals surface area contributed by atoms with Crippen molar-refractivity contribution < 1.29 is 4.74 Å². The molecule has 4 aromatic rings. The summed E-state index contributed by atoms with van der Waals surface area (Å²) in [5.41, 5.74) is 5.05. The topological polar surface area (TPSA) is 45.6 Å². The van der Waals surface area contributed by atoms with Crippen LogP contribution in [0.4, 0.5) is 11.4 Å². The van der Waals surface area contributed by atoms with Crippen LogP contribution in [-0.2, 0) is 0 Å². The lowest BCUT2D eigenvalue weighted by Crippen LogP contribution is -2.38. The molecule has 0 spiro atoms. The summed E-state index contributed by atoms with van der Waals surface area (Å²) in [6.45, 7) is 6.68. The maximum Gasteiger partial charge on any atom is 0.174 e. The molecule has 4 atom stereocenters. The molecule has 2 aromatic heterocycles. The molecule has 8 heteroatoms. The van der Waals surface area contributed by atoms with Crippen LogP contribution in [0.25, 0.3) is 5.69 Å². The molecule has 0 radical (unpaired) electrons. The molecule has 2 aliphatic rings. The fraction of sp³-hybridized carbons (Fsp3) is 0.312. The summed E-state index contributed by atoms with van der Waals surface area (Å²) in [5.74, 6) is 2.09. The van der Waals surface area contributed by atoms with Crippen molar-refractivity contribution in [2.24, 2.45) is 11.8 Å². The lowest BCUT2D eigenvalue weighted by molar-refractivity contribution is 0.357. The van der Waals surface area contributed by atoms with Crippen molar-refractivity contribution in [2.75, 3.05) is 30.0 Å². The number of methoxy groups -OCH3 is 1. The number of thiocarbonyl (C=S) groups is 1. The molecular weight excluding hydrogens is 538 g/mol. The van der Waals surface area contributed by atoms with Crippen molar-refractivity contribution in [1.82, 2.24) is 14.9 Å². The van der Waals surface area contributed by atoms with Crippen molar-refractivity contribution >= 4 is 40.3 Å². The second kappa shape index (κ2) is 11.1. The number of hydrogen-bond acceptors (Lipinski definition) is 4. The summed E-state index contributed by atoms with van der Waals surface area (Å²) in [4.78, 5) is 9.31. The summed E-state index contributed by atoms with van der Waals surface area (Å²) in [7, 11) is 1.69. The third-order valence-corrected chi connectivity index (χ3v) is 8.55. The Morgan fingerprint density at radius 2 is 1.77 bits per heavy atom. The molecule has 206 valence electrons. The normalized spacial score (nSPS) is 22.9. The largest absolute Gasteiger partial charge is 0.497 e. The highest BCUT2D eigenvalue weighted by Gasteiger charge is 2.42. The number of piperidine rings is 1. The molecule has 0 aliphatic carbocycles. The van der Waals surface area contributed by atoms with Gasteiger partial charge >= 0.3 is 0 Å². The van der Waals surface area contributed by atoms with Gasteiger partial charge in [-0.2, -0.15) is 0 Å². The number of hydrogen-bond donors (Lipinski definition) is 1. The summed E-state index contributed by atoms with van der Waals surface area (Å²) >= 11 is 13.0. The summed E-state index contributed by atoms with van der Waals surface area (Å²) in [5, 5.41) is 4.95. The Morgan fingerprint density at radius 3 is 2.50 bits per heavy atom. The first kappa shape index (κ1) is 26.7. The van der Waals surface area contributed by atoms with Gasteiger partial charge in [0.1, 0.15) is 11.8 Å². The van der Waals surface area contributed by atoms with Gasteiger partial charge in [-0.3, -0.25) is 4.98 Å². The third-order valence-electron chi connectivity index (χ3n) is 7.93. The smallest absolute Gasteiger partial charge is 0.174 e. The molecule has 0 unspecified atom stereocenters. The lowest BCUT2D eigenvalue weighted by atomic mass is 9.91. The van der Waals surface area contributed by atoms with Gasteiger partial charge < -0.3 is 24.4 Å². The molecule has 2 fully saturated rings. The van der Waals surface area contributed by atoms with E-state index in [1.165, 1.54) is 6.42 Å². The molecular formula is C32H34ClN5OS. The van der Waals surface area contributed by atoms with Gasteiger partial charge in [0.25, 0.3) is 0 Å². The Labute approximate surface area is 246 Å².